The molecule has 1 aliphatic rings. The van der Waals surface area contributed by atoms with Crippen molar-refractivity contribution in [3.05, 3.63) is 24.3 Å². The van der Waals surface area contributed by atoms with Gasteiger partial charge in [0.25, 0.3) is 10.0 Å². The largest absolute Gasteiger partial charge is 0.466 e. The van der Waals surface area contributed by atoms with Crippen LogP contribution in [0, 0.1) is 0 Å². The Balaban J connectivity index is 2.46. The van der Waals surface area contributed by atoms with Crippen LogP contribution in [0.15, 0.2) is 34.2 Å². The van der Waals surface area contributed by atoms with Crippen LogP contribution in [-0.4, -0.2) is 37.7 Å². The minimum absolute atomic E-state index is 0.157. The number of para-hydroxylation sites is 1. The summed E-state index contributed by atoms with van der Waals surface area (Å²) in [6.07, 6.45) is -0.157. The monoisotopic (exact) mass is 296 g/mol. The molecule has 7 heteroatoms. The van der Waals surface area contributed by atoms with Crippen molar-refractivity contribution in [1.82, 2.24) is 4.31 Å². The lowest BCUT2D eigenvalue weighted by Gasteiger charge is -2.28. The van der Waals surface area contributed by atoms with Gasteiger partial charge in [0.15, 0.2) is 0 Å². The van der Waals surface area contributed by atoms with Crippen LogP contribution in [-0.2, 0) is 19.6 Å². The molecule has 0 saturated heterocycles. The fourth-order valence-electron chi connectivity index (χ4n) is 2.04. The molecule has 1 heterocycles. The maximum atomic E-state index is 12.5. The van der Waals surface area contributed by atoms with Gasteiger partial charge in [0.1, 0.15) is 17.2 Å². The fraction of sp³-hybridized carbons (Fsp3) is 0.385. The van der Waals surface area contributed by atoms with E-state index in [0.717, 1.165) is 4.31 Å². The lowest BCUT2D eigenvalue weighted by atomic mass is 10.3. The van der Waals surface area contributed by atoms with Crippen molar-refractivity contribution < 1.29 is 17.9 Å². The van der Waals surface area contributed by atoms with Crippen LogP contribution >= 0.6 is 0 Å². The summed E-state index contributed by atoms with van der Waals surface area (Å²) in [7, 11) is -3.65. The quantitative estimate of drug-likeness (QED) is 0.792. The Labute approximate surface area is 118 Å². The van der Waals surface area contributed by atoms with Crippen molar-refractivity contribution in [2.75, 3.05) is 13.2 Å². The first-order valence-electron chi connectivity index (χ1n) is 6.35. The van der Waals surface area contributed by atoms with E-state index in [1.54, 1.807) is 32.0 Å². The van der Waals surface area contributed by atoms with E-state index in [1.807, 2.05) is 0 Å². The molecule has 0 spiro atoms. The molecular formula is C13H16N2O4S. The van der Waals surface area contributed by atoms with E-state index >= 15 is 0 Å². The van der Waals surface area contributed by atoms with Crippen LogP contribution in [0.3, 0.4) is 0 Å². The molecule has 0 fully saturated rings. The van der Waals surface area contributed by atoms with Gasteiger partial charge in [-0.25, -0.2) is 13.4 Å². The molecule has 0 amide bonds. The van der Waals surface area contributed by atoms with E-state index in [0.29, 0.717) is 5.69 Å². The standard InChI is InChI=1S/C13H16N2O4S/c1-3-15-12(9-13(16)19-4-2)14-10-7-5-6-8-11(10)20(15,17)18/h5-8H,3-4,9H2,1-2H3. The predicted molar refractivity (Wildman–Crippen MR) is 74.4 cm³/mol. The molecule has 0 unspecified atom stereocenters. The van der Waals surface area contributed by atoms with Gasteiger partial charge in [-0.2, -0.15) is 0 Å². The van der Waals surface area contributed by atoms with E-state index in [4.69, 9.17) is 4.74 Å². The maximum Gasteiger partial charge on any atom is 0.313 e. The minimum Gasteiger partial charge on any atom is -0.466 e. The van der Waals surface area contributed by atoms with Gasteiger partial charge in [0.2, 0.25) is 0 Å². The first-order chi connectivity index (χ1) is 9.50. The van der Waals surface area contributed by atoms with E-state index in [1.165, 1.54) is 6.07 Å². The molecular weight excluding hydrogens is 280 g/mol. The Morgan fingerprint density at radius 1 is 1.30 bits per heavy atom. The molecule has 6 nitrogen and oxygen atoms in total. The van der Waals surface area contributed by atoms with Gasteiger partial charge in [0.05, 0.1) is 12.3 Å². The van der Waals surface area contributed by atoms with Crippen LogP contribution in [0.2, 0.25) is 0 Å². The molecule has 0 saturated carbocycles. The number of amidine groups is 1. The van der Waals surface area contributed by atoms with Crippen molar-refractivity contribution >= 4 is 27.5 Å². The van der Waals surface area contributed by atoms with E-state index in [-0.39, 0.29) is 30.3 Å². The van der Waals surface area contributed by atoms with Crippen molar-refractivity contribution in [1.29, 1.82) is 0 Å². The summed E-state index contributed by atoms with van der Waals surface area (Å²) in [6, 6.07) is 6.49. The lowest BCUT2D eigenvalue weighted by molar-refractivity contribution is -0.141. The average Bonchev–Trinajstić information content (AvgIpc) is 2.39. The molecule has 1 aromatic rings. The first kappa shape index (κ1) is 14.5. The molecule has 0 N–H and O–H groups in total. The van der Waals surface area contributed by atoms with Crippen molar-refractivity contribution in [3.8, 4) is 0 Å². The highest BCUT2D eigenvalue weighted by atomic mass is 32.2. The third kappa shape index (κ3) is 2.53. The Morgan fingerprint density at radius 3 is 2.65 bits per heavy atom. The number of ether oxygens (including phenoxy) is 1. The number of benzene rings is 1. The van der Waals surface area contributed by atoms with Gasteiger partial charge in [-0.1, -0.05) is 12.1 Å². The number of fused-ring (bicyclic) bond motifs is 1. The molecule has 1 aliphatic heterocycles. The lowest BCUT2D eigenvalue weighted by Crippen LogP contribution is -2.40. The molecule has 0 radical (unpaired) electrons. The molecule has 1 aromatic carbocycles. The third-order valence-corrected chi connectivity index (χ3v) is 4.82. The highest BCUT2D eigenvalue weighted by Crippen LogP contribution is 2.32. The topological polar surface area (TPSA) is 76.0 Å². The van der Waals surface area contributed by atoms with Crippen LogP contribution in [0.5, 0.6) is 0 Å². The Morgan fingerprint density at radius 2 is 2.00 bits per heavy atom. The van der Waals surface area contributed by atoms with E-state index in [2.05, 4.69) is 4.99 Å². The highest BCUT2D eigenvalue weighted by molar-refractivity contribution is 7.90. The normalized spacial score (nSPS) is 16.3. The maximum absolute atomic E-state index is 12.5. The Kier molecular flexibility index (Phi) is 4.08. The second kappa shape index (κ2) is 5.62. The second-order valence-corrected chi connectivity index (χ2v) is 5.98. The molecule has 108 valence electrons. The van der Waals surface area contributed by atoms with Crippen LogP contribution in [0.4, 0.5) is 5.69 Å². The Hall–Kier alpha value is -1.89. The number of rotatable bonds is 4. The number of sulfonamides is 1. The highest BCUT2D eigenvalue weighted by Gasteiger charge is 2.33. The number of aliphatic imine (C=N–C) groups is 1. The molecule has 20 heavy (non-hydrogen) atoms. The predicted octanol–water partition coefficient (Wildman–Crippen LogP) is 1.69. The number of esters is 1. The number of carbonyl (C=O) groups excluding carboxylic acids is 1. The van der Waals surface area contributed by atoms with Crippen LogP contribution < -0.4 is 0 Å². The molecule has 0 bridgehead atoms. The Bertz CT molecular complexity index is 652. The fourth-order valence-corrected chi connectivity index (χ4v) is 3.63. The SMILES string of the molecule is CCOC(=O)CC1=Nc2ccccc2S(=O)(=O)N1CC. The zero-order valence-electron chi connectivity index (χ0n) is 11.4. The number of nitrogens with zero attached hydrogens (tertiary/aromatic N) is 2. The molecule has 0 atom stereocenters. The van der Waals surface area contributed by atoms with Crippen molar-refractivity contribution in [2.24, 2.45) is 4.99 Å². The van der Waals surface area contributed by atoms with Gasteiger partial charge in [-0.15, -0.1) is 0 Å². The van der Waals surface area contributed by atoms with Crippen molar-refractivity contribution in [2.45, 2.75) is 25.2 Å². The van der Waals surface area contributed by atoms with E-state index < -0.39 is 16.0 Å². The zero-order valence-corrected chi connectivity index (χ0v) is 12.2. The summed E-state index contributed by atoms with van der Waals surface area (Å²) in [5.74, 6) is -0.288. The molecule has 2 rings (SSSR count). The zero-order chi connectivity index (χ0) is 14.8. The third-order valence-electron chi connectivity index (χ3n) is 2.87. The smallest absolute Gasteiger partial charge is 0.313 e. The van der Waals surface area contributed by atoms with Crippen molar-refractivity contribution in [3.63, 3.8) is 0 Å². The summed E-state index contributed by atoms with van der Waals surface area (Å²) in [6.45, 7) is 3.87. The first-order valence-corrected chi connectivity index (χ1v) is 7.79. The van der Waals surface area contributed by atoms with Gasteiger partial charge in [-0.3, -0.25) is 9.10 Å². The summed E-state index contributed by atoms with van der Waals surface area (Å²) < 4.78 is 31.0. The van der Waals surface area contributed by atoms with Gasteiger partial charge in [-0.05, 0) is 26.0 Å². The summed E-state index contributed by atoms with van der Waals surface area (Å²) in [5.41, 5.74) is 0.358. The summed E-state index contributed by atoms with van der Waals surface area (Å²) >= 11 is 0. The average molecular weight is 296 g/mol. The van der Waals surface area contributed by atoms with Gasteiger partial charge < -0.3 is 4.74 Å². The molecule has 0 aromatic heterocycles. The van der Waals surface area contributed by atoms with Crippen LogP contribution in [0.25, 0.3) is 0 Å². The summed E-state index contributed by atoms with van der Waals surface area (Å²) in [5, 5.41) is 0. The number of hydrogen-bond donors (Lipinski definition) is 0. The number of carbonyl (C=O) groups is 1. The van der Waals surface area contributed by atoms with Gasteiger partial charge >= 0.3 is 5.97 Å². The van der Waals surface area contributed by atoms with Gasteiger partial charge in [0, 0.05) is 6.54 Å². The summed E-state index contributed by atoms with van der Waals surface area (Å²) in [4.78, 5) is 16.0. The van der Waals surface area contributed by atoms with Crippen LogP contribution in [0.1, 0.15) is 20.3 Å². The second-order valence-electron chi connectivity index (χ2n) is 4.15. The minimum atomic E-state index is -3.65. The molecule has 0 aliphatic carbocycles. The van der Waals surface area contributed by atoms with E-state index in [9.17, 15) is 13.2 Å². The number of hydrogen-bond acceptors (Lipinski definition) is 5.